The van der Waals surface area contributed by atoms with Gasteiger partial charge in [0.05, 0.1) is 5.75 Å². The lowest BCUT2D eigenvalue weighted by molar-refractivity contribution is -0.130. The Morgan fingerprint density at radius 2 is 2.22 bits per heavy atom. The van der Waals surface area contributed by atoms with Gasteiger partial charge in [-0.25, -0.2) is 0 Å². The molecule has 2 rings (SSSR count). The van der Waals surface area contributed by atoms with E-state index in [1.165, 1.54) is 0 Å². The van der Waals surface area contributed by atoms with Gasteiger partial charge < -0.3 is 10.2 Å². The van der Waals surface area contributed by atoms with Gasteiger partial charge >= 0.3 is 0 Å². The van der Waals surface area contributed by atoms with Crippen molar-refractivity contribution in [2.45, 2.75) is 25.7 Å². The first-order chi connectivity index (χ1) is 8.63. The summed E-state index contributed by atoms with van der Waals surface area (Å²) < 4.78 is 0. The minimum atomic E-state index is 0.0637. The minimum absolute atomic E-state index is 0.0637. The van der Waals surface area contributed by atoms with E-state index in [2.05, 4.69) is 5.32 Å². The monoisotopic (exact) mass is 270 g/mol. The average molecular weight is 270 g/mol. The quantitative estimate of drug-likeness (QED) is 0.836. The highest BCUT2D eigenvalue weighted by molar-refractivity contribution is 7.99. The summed E-state index contributed by atoms with van der Waals surface area (Å²) in [7, 11) is 1.71. The van der Waals surface area contributed by atoms with E-state index in [0.29, 0.717) is 5.75 Å². The summed E-state index contributed by atoms with van der Waals surface area (Å²) in [4.78, 5) is 25.9. The highest BCUT2D eigenvalue weighted by Gasteiger charge is 2.50. The highest BCUT2D eigenvalue weighted by atomic mass is 32.2. The maximum Gasteiger partial charge on any atom is 0.232 e. The first-order valence-corrected chi connectivity index (χ1v) is 8.00. The van der Waals surface area contributed by atoms with Crippen molar-refractivity contribution >= 4 is 23.6 Å². The molecule has 4 nitrogen and oxygen atoms in total. The lowest BCUT2D eigenvalue weighted by Gasteiger charge is -2.30. The van der Waals surface area contributed by atoms with Crippen molar-refractivity contribution in [3.63, 3.8) is 0 Å². The molecule has 0 aromatic rings. The molecule has 1 heterocycles. The predicted octanol–water partition coefficient (Wildman–Crippen LogP) is 1.11. The van der Waals surface area contributed by atoms with Gasteiger partial charge in [0.25, 0.3) is 0 Å². The van der Waals surface area contributed by atoms with Crippen LogP contribution in [0.5, 0.6) is 0 Å². The number of likely N-dealkylation sites (tertiary alicyclic amines) is 1. The lowest BCUT2D eigenvalue weighted by Crippen LogP contribution is -2.40. The zero-order valence-corrected chi connectivity index (χ0v) is 12.0. The van der Waals surface area contributed by atoms with E-state index in [0.717, 1.165) is 38.8 Å². The Morgan fingerprint density at radius 3 is 2.89 bits per heavy atom. The second-order valence-electron chi connectivity index (χ2n) is 5.42. The molecule has 1 saturated heterocycles. The van der Waals surface area contributed by atoms with E-state index in [9.17, 15) is 9.59 Å². The zero-order valence-electron chi connectivity index (χ0n) is 11.2. The van der Waals surface area contributed by atoms with Crippen molar-refractivity contribution < 1.29 is 9.59 Å². The van der Waals surface area contributed by atoms with Crippen LogP contribution >= 0.6 is 11.8 Å². The molecule has 0 bridgehead atoms. The van der Waals surface area contributed by atoms with Crippen LogP contribution in [0.1, 0.15) is 25.7 Å². The summed E-state index contributed by atoms with van der Waals surface area (Å²) in [5.41, 5.74) is 0.0637. The molecule has 2 amide bonds. The van der Waals surface area contributed by atoms with Crippen LogP contribution in [0.4, 0.5) is 0 Å². The Balaban J connectivity index is 2.05. The van der Waals surface area contributed by atoms with Crippen molar-refractivity contribution in [3.8, 4) is 0 Å². The standard InChI is InChI=1S/C13H22N2O2S/c1-14-12(17)10-4-3-5-13(10)6-7-15(9-13)11(16)8-18-2/h10H,3-9H2,1-2H3,(H,14,17)/t10-,13+/m0/s1. The van der Waals surface area contributed by atoms with Crippen molar-refractivity contribution in [1.29, 1.82) is 0 Å². The molecule has 0 aromatic heterocycles. The molecule has 0 radical (unpaired) electrons. The fourth-order valence-corrected chi connectivity index (χ4v) is 3.96. The number of hydrogen-bond acceptors (Lipinski definition) is 3. The van der Waals surface area contributed by atoms with Crippen LogP contribution in [0.15, 0.2) is 0 Å². The van der Waals surface area contributed by atoms with Crippen LogP contribution < -0.4 is 5.32 Å². The SMILES string of the molecule is CNC(=O)[C@@H]1CCC[C@]12CCN(C(=O)CSC)C2. The molecular formula is C13H22N2O2S. The van der Waals surface area contributed by atoms with Gasteiger partial charge in [-0.05, 0) is 25.5 Å². The van der Waals surface area contributed by atoms with E-state index in [4.69, 9.17) is 0 Å². The van der Waals surface area contributed by atoms with Gasteiger partial charge in [0, 0.05) is 31.5 Å². The summed E-state index contributed by atoms with van der Waals surface area (Å²) >= 11 is 1.57. The summed E-state index contributed by atoms with van der Waals surface area (Å²) in [6.45, 7) is 1.61. The van der Waals surface area contributed by atoms with E-state index in [1.54, 1.807) is 18.8 Å². The molecule has 18 heavy (non-hydrogen) atoms. The average Bonchev–Trinajstić information content (AvgIpc) is 2.97. The summed E-state index contributed by atoms with van der Waals surface area (Å²) in [5, 5.41) is 2.78. The highest BCUT2D eigenvalue weighted by Crippen LogP contribution is 2.49. The molecular weight excluding hydrogens is 248 g/mol. The molecule has 1 saturated carbocycles. The number of nitrogens with one attached hydrogen (secondary N) is 1. The molecule has 2 atom stereocenters. The number of amides is 2. The normalized spacial score (nSPS) is 31.0. The number of thioether (sulfide) groups is 1. The first kappa shape index (κ1) is 13.7. The van der Waals surface area contributed by atoms with Gasteiger partial charge in [-0.1, -0.05) is 6.42 Å². The molecule has 5 heteroatoms. The number of carbonyl (C=O) groups is 2. The first-order valence-electron chi connectivity index (χ1n) is 6.61. The maximum atomic E-state index is 12.0. The van der Waals surface area contributed by atoms with E-state index >= 15 is 0 Å². The molecule has 2 fully saturated rings. The van der Waals surface area contributed by atoms with Gasteiger partial charge in [0.2, 0.25) is 11.8 Å². The van der Waals surface area contributed by atoms with Gasteiger partial charge in [0.15, 0.2) is 0 Å². The Hall–Kier alpha value is -0.710. The van der Waals surface area contributed by atoms with Crippen LogP contribution in [0, 0.1) is 11.3 Å². The van der Waals surface area contributed by atoms with Gasteiger partial charge in [0.1, 0.15) is 0 Å². The summed E-state index contributed by atoms with van der Waals surface area (Å²) in [6, 6.07) is 0. The Morgan fingerprint density at radius 1 is 1.44 bits per heavy atom. The largest absolute Gasteiger partial charge is 0.359 e. The predicted molar refractivity (Wildman–Crippen MR) is 73.4 cm³/mol. The van der Waals surface area contributed by atoms with Crippen molar-refractivity contribution in [3.05, 3.63) is 0 Å². The molecule has 2 aliphatic rings. The van der Waals surface area contributed by atoms with Crippen LogP contribution in [0.3, 0.4) is 0 Å². The van der Waals surface area contributed by atoms with Crippen LogP contribution in [-0.2, 0) is 9.59 Å². The van der Waals surface area contributed by atoms with Gasteiger partial charge in [-0.15, -0.1) is 0 Å². The second-order valence-corrected chi connectivity index (χ2v) is 6.29. The molecule has 1 spiro atoms. The molecule has 1 aliphatic carbocycles. The fraction of sp³-hybridized carbons (Fsp3) is 0.846. The number of nitrogens with zero attached hydrogens (tertiary/aromatic N) is 1. The third-order valence-corrected chi connectivity index (χ3v) is 5.01. The Bertz CT molecular complexity index is 348. The molecule has 0 aromatic carbocycles. The maximum absolute atomic E-state index is 12.0. The number of hydrogen-bond donors (Lipinski definition) is 1. The van der Waals surface area contributed by atoms with Crippen molar-refractivity contribution in [2.75, 3.05) is 32.1 Å². The Kier molecular flexibility index (Phi) is 4.20. The minimum Gasteiger partial charge on any atom is -0.359 e. The molecule has 1 aliphatic heterocycles. The van der Waals surface area contributed by atoms with Crippen LogP contribution in [0.2, 0.25) is 0 Å². The second kappa shape index (κ2) is 5.51. The lowest BCUT2D eigenvalue weighted by atomic mass is 9.76. The van der Waals surface area contributed by atoms with Crippen molar-refractivity contribution in [2.24, 2.45) is 11.3 Å². The molecule has 102 valence electrons. The smallest absolute Gasteiger partial charge is 0.232 e. The third kappa shape index (κ3) is 2.37. The van der Waals surface area contributed by atoms with Crippen LogP contribution in [-0.4, -0.2) is 48.9 Å². The van der Waals surface area contributed by atoms with Crippen molar-refractivity contribution in [1.82, 2.24) is 10.2 Å². The van der Waals surface area contributed by atoms with Gasteiger partial charge in [-0.3, -0.25) is 9.59 Å². The number of carbonyl (C=O) groups excluding carboxylic acids is 2. The topological polar surface area (TPSA) is 49.4 Å². The number of rotatable bonds is 3. The van der Waals surface area contributed by atoms with E-state index in [1.807, 2.05) is 11.2 Å². The third-order valence-electron chi connectivity index (χ3n) is 4.48. The zero-order chi connectivity index (χ0) is 13.2. The summed E-state index contributed by atoms with van der Waals surface area (Å²) in [6.07, 6.45) is 6.12. The van der Waals surface area contributed by atoms with E-state index < -0.39 is 0 Å². The van der Waals surface area contributed by atoms with Crippen LogP contribution in [0.25, 0.3) is 0 Å². The van der Waals surface area contributed by atoms with E-state index in [-0.39, 0.29) is 23.1 Å². The fourth-order valence-electron chi connectivity index (χ4n) is 3.53. The molecule has 1 N–H and O–H groups in total. The summed E-state index contributed by atoms with van der Waals surface area (Å²) in [5.74, 6) is 1.05. The molecule has 0 unspecified atom stereocenters. The van der Waals surface area contributed by atoms with Gasteiger partial charge in [-0.2, -0.15) is 11.8 Å². The Labute approximate surface area is 113 Å².